The van der Waals surface area contributed by atoms with Crippen molar-refractivity contribution in [3.63, 3.8) is 0 Å². The van der Waals surface area contributed by atoms with E-state index in [9.17, 15) is 14.4 Å². The van der Waals surface area contributed by atoms with Gasteiger partial charge in [0.1, 0.15) is 10.8 Å². The van der Waals surface area contributed by atoms with Crippen molar-refractivity contribution in [2.75, 3.05) is 25.1 Å². The van der Waals surface area contributed by atoms with E-state index in [1.807, 2.05) is 13.8 Å². The van der Waals surface area contributed by atoms with Gasteiger partial charge < -0.3 is 24.4 Å². The quantitative estimate of drug-likeness (QED) is 0.613. The molecule has 1 aromatic heterocycles. The maximum absolute atomic E-state index is 12.9. The van der Waals surface area contributed by atoms with Crippen molar-refractivity contribution in [2.24, 2.45) is 0 Å². The molecule has 1 aromatic carbocycles. The van der Waals surface area contributed by atoms with Crippen molar-refractivity contribution in [1.82, 2.24) is 4.90 Å². The maximum atomic E-state index is 12.9. The Morgan fingerprint density at radius 3 is 2.41 bits per heavy atom. The number of anilines is 1. The Morgan fingerprint density at radius 2 is 1.78 bits per heavy atom. The van der Waals surface area contributed by atoms with Crippen molar-refractivity contribution in [3.05, 3.63) is 45.8 Å². The first-order valence-electron chi connectivity index (χ1n) is 10.6. The van der Waals surface area contributed by atoms with Gasteiger partial charge in [0.15, 0.2) is 0 Å². The van der Waals surface area contributed by atoms with Gasteiger partial charge in [0, 0.05) is 17.0 Å². The number of thiophene rings is 1. The first kappa shape index (κ1) is 23.6. The molecular weight excluding hydrogens is 432 g/mol. The number of carbonyl (C=O) groups is 3. The van der Waals surface area contributed by atoms with Gasteiger partial charge in [0.25, 0.3) is 5.91 Å². The number of esters is 1. The number of hydrogen-bond donors (Lipinski definition) is 1. The number of carbonyl (C=O) groups excluding carboxylic acids is 3. The third kappa shape index (κ3) is 5.40. The number of nitrogens with one attached hydrogen (secondary N) is 1. The molecule has 0 saturated carbocycles. The van der Waals surface area contributed by atoms with Crippen LogP contribution in [0.5, 0.6) is 5.75 Å². The summed E-state index contributed by atoms with van der Waals surface area (Å²) in [6, 6.07) is 6.82. The van der Waals surface area contributed by atoms with Crippen molar-refractivity contribution in [1.29, 1.82) is 0 Å². The summed E-state index contributed by atoms with van der Waals surface area (Å²) in [5.41, 5.74) is 1.61. The predicted molar refractivity (Wildman–Crippen MR) is 122 cm³/mol. The number of fused-ring (bicyclic) bond motifs is 1. The Labute approximate surface area is 191 Å². The van der Waals surface area contributed by atoms with Crippen LogP contribution < -0.4 is 10.1 Å². The molecule has 0 spiro atoms. The summed E-state index contributed by atoms with van der Waals surface area (Å²) in [6.45, 7) is 8.62. The highest BCUT2D eigenvalue weighted by atomic mass is 32.1. The second kappa shape index (κ2) is 10.5. The summed E-state index contributed by atoms with van der Waals surface area (Å²) < 4.78 is 15.9. The lowest BCUT2D eigenvalue weighted by atomic mass is 10.0. The Balaban J connectivity index is 1.84. The molecule has 0 unspecified atom stereocenters. The molecule has 2 heterocycles. The molecule has 0 aliphatic carbocycles. The number of benzene rings is 1. The van der Waals surface area contributed by atoms with Crippen LogP contribution in [0.25, 0.3) is 0 Å². The number of nitrogens with zero attached hydrogens (tertiary/aromatic N) is 1. The monoisotopic (exact) mass is 460 g/mol. The highest BCUT2D eigenvalue weighted by Crippen LogP contribution is 2.38. The maximum Gasteiger partial charge on any atom is 0.410 e. The molecule has 0 fully saturated rings. The highest BCUT2D eigenvalue weighted by molar-refractivity contribution is 7.17. The minimum atomic E-state index is -0.481. The van der Waals surface area contributed by atoms with E-state index >= 15 is 0 Å². The third-order valence-corrected chi connectivity index (χ3v) is 5.91. The highest BCUT2D eigenvalue weighted by Gasteiger charge is 2.31. The molecule has 0 radical (unpaired) electrons. The molecule has 1 aliphatic heterocycles. The van der Waals surface area contributed by atoms with E-state index in [4.69, 9.17) is 14.2 Å². The van der Waals surface area contributed by atoms with Crippen LogP contribution in [-0.2, 0) is 22.4 Å². The molecule has 0 atom stereocenters. The van der Waals surface area contributed by atoms with Crippen LogP contribution in [0.3, 0.4) is 0 Å². The van der Waals surface area contributed by atoms with E-state index < -0.39 is 12.1 Å². The summed E-state index contributed by atoms with van der Waals surface area (Å²) in [4.78, 5) is 40.1. The van der Waals surface area contributed by atoms with Crippen molar-refractivity contribution in [2.45, 2.75) is 46.8 Å². The third-order valence-electron chi connectivity index (χ3n) is 4.78. The van der Waals surface area contributed by atoms with E-state index in [0.29, 0.717) is 48.0 Å². The Bertz CT molecular complexity index is 983. The van der Waals surface area contributed by atoms with Crippen LogP contribution >= 0.6 is 11.3 Å². The lowest BCUT2D eigenvalue weighted by molar-refractivity contribution is 0.0526. The van der Waals surface area contributed by atoms with Crippen LogP contribution in [0.2, 0.25) is 0 Å². The van der Waals surface area contributed by atoms with Gasteiger partial charge in [-0.1, -0.05) is 0 Å². The van der Waals surface area contributed by atoms with Crippen LogP contribution in [0.4, 0.5) is 9.80 Å². The zero-order chi connectivity index (χ0) is 23.3. The van der Waals surface area contributed by atoms with Crippen molar-refractivity contribution < 1.29 is 28.6 Å². The molecule has 0 saturated heterocycles. The Morgan fingerprint density at radius 1 is 1.09 bits per heavy atom. The van der Waals surface area contributed by atoms with Crippen LogP contribution in [0, 0.1) is 0 Å². The van der Waals surface area contributed by atoms with Gasteiger partial charge in [-0.05, 0) is 63.9 Å². The lowest BCUT2D eigenvalue weighted by Crippen LogP contribution is -2.36. The second-order valence-electron chi connectivity index (χ2n) is 7.44. The summed E-state index contributed by atoms with van der Waals surface area (Å²) in [5, 5.41) is 3.28. The molecule has 0 bridgehead atoms. The minimum absolute atomic E-state index is 0.0356. The lowest BCUT2D eigenvalue weighted by Gasteiger charge is -2.26. The number of hydrogen-bond acceptors (Lipinski definition) is 7. The molecule has 3 rings (SSSR count). The molecule has 8 nitrogen and oxygen atoms in total. The van der Waals surface area contributed by atoms with Gasteiger partial charge >= 0.3 is 12.1 Å². The SMILES string of the molecule is CCOC(=O)c1c(NC(=O)c2ccc(OC(C)C)cc2)sc2c1CCN(C(=O)OCC)C2. The smallest absolute Gasteiger partial charge is 0.410 e. The predicted octanol–water partition coefficient (Wildman–Crippen LogP) is 4.48. The van der Waals surface area contributed by atoms with Crippen molar-refractivity contribution >= 4 is 34.3 Å². The molecule has 2 aromatic rings. The van der Waals surface area contributed by atoms with Crippen LogP contribution in [-0.4, -0.2) is 48.7 Å². The average molecular weight is 461 g/mol. The minimum Gasteiger partial charge on any atom is -0.491 e. The average Bonchev–Trinajstić information content (AvgIpc) is 3.11. The number of rotatable bonds is 7. The Kier molecular flexibility index (Phi) is 7.74. The van der Waals surface area contributed by atoms with Gasteiger partial charge in [0.05, 0.1) is 31.4 Å². The van der Waals surface area contributed by atoms with Gasteiger partial charge in [-0.3, -0.25) is 4.79 Å². The van der Waals surface area contributed by atoms with Gasteiger partial charge in [-0.2, -0.15) is 0 Å². The van der Waals surface area contributed by atoms with Gasteiger partial charge in [-0.15, -0.1) is 11.3 Å². The first-order valence-corrected chi connectivity index (χ1v) is 11.5. The zero-order valence-electron chi connectivity index (χ0n) is 18.7. The normalized spacial score (nSPS) is 12.8. The summed E-state index contributed by atoms with van der Waals surface area (Å²) in [5.74, 6) is -0.146. The van der Waals surface area contributed by atoms with Crippen LogP contribution in [0.1, 0.15) is 58.9 Å². The van der Waals surface area contributed by atoms with E-state index in [2.05, 4.69) is 5.32 Å². The molecular formula is C23H28N2O6S. The summed E-state index contributed by atoms with van der Waals surface area (Å²) in [7, 11) is 0. The molecule has 9 heteroatoms. The Hall–Kier alpha value is -3.07. The molecule has 172 valence electrons. The standard InChI is InChI=1S/C23H28N2O6S/c1-5-29-22(27)19-17-11-12-25(23(28)30-6-2)13-18(17)32-21(19)24-20(26)15-7-9-16(10-8-15)31-14(3)4/h7-10,14H,5-6,11-13H2,1-4H3,(H,24,26). The van der Waals surface area contributed by atoms with E-state index in [1.54, 1.807) is 43.0 Å². The molecule has 1 aliphatic rings. The van der Waals surface area contributed by atoms with Gasteiger partial charge in [-0.25, -0.2) is 9.59 Å². The van der Waals surface area contributed by atoms with E-state index in [1.165, 1.54) is 11.3 Å². The molecule has 32 heavy (non-hydrogen) atoms. The number of ether oxygens (including phenoxy) is 3. The fourth-order valence-corrected chi connectivity index (χ4v) is 4.66. The largest absolute Gasteiger partial charge is 0.491 e. The topological polar surface area (TPSA) is 94.2 Å². The van der Waals surface area contributed by atoms with E-state index in [0.717, 1.165) is 10.4 Å². The summed E-state index contributed by atoms with van der Waals surface area (Å²) >= 11 is 1.28. The molecule has 2 amide bonds. The summed E-state index contributed by atoms with van der Waals surface area (Å²) in [6.07, 6.45) is 0.127. The van der Waals surface area contributed by atoms with Crippen LogP contribution in [0.15, 0.2) is 24.3 Å². The number of amides is 2. The second-order valence-corrected chi connectivity index (χ2v) is 8.55. The van der Waals surface area contributed by atoms with E-state index in [-0.39, 0.29) is 18.6 Å². The fraction of sp³-hybridized carbons (Fsp3) is 0.435. The zero-order valence-corrected chi connectivity index (χ0v) is 19.5. The molecule has 1 N–H and O–H groups in total. The van der Waals surface area contributed by atoms with Gasteiger partial charge in [0.2, 0.25) is 0 Å². The fourth-order valence-electron chi connectivity index (χ4n) is 3.41. The first-order chi connectivity index (χ1) is 15.3. The van der Waals surface area contributed by atoms with Crippen molar-refractivity contribution in [3.8, 4) is 5.75 Å².